The number of nitrogens with one attached hydrogen (secondary N) is 1. The predicted molar refractivity (Wildman–Crippen MR) is 124 cm³/mol. The summed E-state index contributed by atoms with van der Waals surface area (Å²) in [5, 5.41) is 3.36. The third-order valence-corrected chi connectivity index (χ3v) is 3.93. The van der Waals surface area contributed by atoms with Crippen LogP contribution in [0.5, 0.6) is 0 Å². The third kappa shape index (κ3) is 12.3. The molecule has 0 heterocycles. The van der Waals surface area contributed by atoms with Gasteiger partial charge in [-0.1, -0.05) is 36.4 Å². The second-order valence-electron chi connectivity index (χ2n) is 6.14. The summed E-state index contributed by atoms with van der Waals surface area (Å²) in [5.74, 6) is 0.997. The van der Waals surface area contributed by atoms with Gasteiger partial charge in [0.05, 0.1) is 6.61 Å². The first kappa shape index (κ1) is 24.9. The van der Waals surface area contributed by atoms with Crippen molar-refractivity contribution < 1.29 is 4.74 Å². The molecule has 0 aliphatic carbocycles. The van der Waals surface area contributed by atoms with Crippen molar-refractivity contribution in [1.82, 2.24) is 10.2 Å². The van der Waals surface area contributed by atoms with Crippen LogP contribution in [0.25, 0.3) is 0 Å². The Balaban J connectivity index is 0.00000625. The largest absolute Gasteiger partial charge is 0.381 e. The third-order valence-electron chi connectivity index (χ3n) is 3.93. The lowest BCUT2D eigenvalue weighted by Crippen LogP contribution is -2.39. The van der Waals surface area contributed by atoms with E-state index in [0.717, 1.165) is 70.9 Å². The summed E-state index contributed by atoms with van der Waals surface area (Å²) in [5.41, 5.74) is 1.34. The first-order valence-corrected chi connectivity index (χ1v) is 9.50. The number of nitrogens with zero attached hydrogens (tertiary/aromatic N) is 2. The van der Waals surface area contributed by atoms with Crippen LogP contribution >= 0.6 is 24.0 Å². The molecule has 0 aliphatic rings. The molecule has 1 aromatic rings. The van der Waals surface area contributed by atoms with Crippen molar-refractivity contribution in [1.29, 1.82) is 0 Å². The minimum absolute atomic E-state index is 0. The smallest absolute Gasteiger partial charge is 0.193 e. The van der Waals surface area contributed by atoms with Gasteiger partial charge in [-0.15, -0.1) is 30.6 Å². The van der Waals surface area contributed by atoms with Crippen LogP contribution in [-0.4, -0.2) is 50.8 Å². The summed E-state index contributed by atoms with van der Waals surface area (Å²) in [7, 11) is 2.09. The molecule has 0 fully saturated rings. The standard InChI is InChI=1S/C21H35N3O.HI/c1-4-6-11-17-24(3)21(22-5-2)23-16-10-12-18-25-19-15-20-13-8-7-9-14-20;/h4,7-9,13-14H,1,5-6,10-12,15-19H2,2-3H3,(H,22,23);1H. The van der Waals surface area contributed by atoms with Crippen LogP contribution < -0.4 is 5.32 Å². The number of hydrogen-bond donors (Lipinski definition) is 1. The molecule has 0 spiro atoms. The van der Waals surface area contributed by atoms with Gasteiger partial charge < -0.3 is 15.0 Å². The summed E-state index contributed by atoms with van der Waals surface area (Å²) >= 11 is 0. The molecule has 0 unspecified atom stereocenters. The Morgan fingerprint density at radius 1 is 1.19 bits per heavy atom. The van der Waals surface area contributed by atoms with Gasteiger partial charge in [0, 0.05) is 33.3 Å². The summed E-state index contributed by atoms with van der Waals surface area (Å²) in [4.78, 5) is 6.91. The Morgan fingerprint density at radius 3 is 2.65 bits per heavy atom. The van der Waals surface area contributed by atoms with E-state index in [1.54, 1.807) is 0 Å². The van der Waals surface area contributed by atoms with Gasteiger partial charge in [0.15, 0.2) is 5.96 Å². The second-order valence-corrected chi connectivity index (χ2v) is 6.14. The number of guanidine groups is 1. The molecule has 0 atom stereocenters. The highest BCUT2D eigenvalue weighted by molar-refractivity contribution is 14.0. The lowest BCUT2D eigenvalue weighted by Gasteiger charge is -2.21. The average Bonchev–Trinajstić information content (AvgIpc) is 2.64. The maximum absolute atomic E-state index is 5.72. The van der Waals surface area contributed by atoms with E-state index in [-0.39, 0.29) is 24.0 Å². The van der Waals surface area contributed by atoms with E-state index in [2.05, 4.69) is 55.0 Å². The Bertz CT molecular complexity index is 479. The highest BCUT2D eigenvalue weighted by Gasteiger charge is 2.04. The van der Waals surface area contributed by atoms with Crippen molar-refractivity contribution in [3.8, 4) is 0 Å². The molecule has 0 bridgehead atoms. The molecule has 0 amide bonds. The quantitative estimate of drug-likeness (QED) is 0.151. The average molecular weight is 473 g/mol. The molecule has 26 heavy (non-hydrogen) atoms. The van der Waals surface area contributed by atoms with Gasteiger partial charge >= 0.3 is 0 Å². The fourth-order valence-electron chi connectivity index (χ4n) is 2.49. The van der Waals surface area contributed by atoms with Crippen molar-refractivity contribution in [2.24, 2.45) is 4.99 Å². The minimum Gasteiger partial charge on any atom is -0.381 e. The van der Waals surface area contributed by atoms with Crippen LogP contribution in [0.3, 0.4) is 0 Å². The molecule has 1 N–H and O–H groups in total. The molecular weight excluding hydrogens is 437 g/mol. The Hall–Kier alpha value is -1.08. The highest BCUT2D eigenvalue weighted by Crippen LogP contribution is 2.01. The van der Waals surface area contributed by atoms with Crippen LogP contribution in [-0.2, 0) is 11.2 Å². The molecule has 0 saturated heterocycles. The van der Waals surface area contributed by atoms with Gasteiger partial charge in [0.25, 0.3) is 0 Å². The molecule has 0 aromatic heterocycles. The summed E-state index contributed by atoms with van der Waals surface area (Å²) in [6, 6.07) is 10.5. The Kier molecular flexibility index (Phi) is 16.6. The van der Waals surface area contributed by atoms with E-state index >= 15 is 0 Å². The highest BCUT2D eigenvalue weighted by atomic mass is 127. The fraction of sp³-hybridized carbons (Fsp3) is 0.571. The first-order chi connectivity index (χ1) is 12.3. The van der Waals surface area contributed by atoms with Crippen molar-refractivity contribution >= 4 is 29.9 Å². The Morgan fingerprint density at radius 2 is 1.96 bits per heavy atom. The second kappa shape index (κ2) is 17.3. The zero-order chi connectivity index (χ0) is 18.2. The summed E-state index contributed by atoms with van der Waals surface area (Å²) in [6.07, 6.45) is 7.22. The summed E-state index contributed by atoms with van der Waals surface area (Å²) in [6.45, 7) is 10.2. The van der Waals surface area contributed by atoms with Gasteiger partial charge in [-0.25, -0.2) is 0 Å². The molecule has 1 rings (SSSR count). The number of aliphatic imine (C=N–C) groups is 1. The molecular formula is C21H36IN3O. The fourth-order valence-corrected chi connectivity index (χ4v) is 2.49. The van der Waals surface area contributed by atoms with Crippen molar-refractivity contribution in [2.45, 2.75) is 39.0 Å². The van der Waals surface area contributed by atoms with E-state index in [4.69, 9.17) is 9.73 Å². The van der Waals surface area contributed by atoms with Crippen LogP contribution in [0, 0.1) is 0 Å². The number of hydrogen-bond acceptors (Lipinski definition) is 2. The van der Waals surface area contributed by atoms with E-state index in [9.17, 15) is 0 Å². The topological polar surface area (TPSA) is 36.9 Å². The number of rotatable bonds is 13. The molecule has 148 valence electrons. The van der Waals surface area contributed by atoms with E-state index in [0.29, 0.717) is 0 Å². The maximum atomic E-state index is 5.72. The number of halogens is 1. The van der Waals surface area contributed by atoms with Crippen molar-refractivity contribution in [3.05, 3.63) is 48.6 Å². The molecule has 0 aliphatic heterocycles. The van der Waals surface area contributed by atoms with Crippen LogP contribution in [0.4, 0.5) is 0 Å². The first-order valence-electron chi connectivity index (χ1n) is 9.50. The normalized spacial score (nSPS) is 10.9. The number of allylic oxidation sites excluding steroid dienone is 1. The lowest BCUT2D eigenvalue weighted by molar-refractivity contribution is 0.134. The molecule has 1 aromatic carbocycles. The van der Waals surface area contributed by atoms with Gasteiger partial charge in [-0.05, 0) is 44.6 Å². The van der Waals surface area contributed by atoms with E-state index in [1.807, 2.05) is 12.1 Å². The maximum Gasteiger partial charge on any atom is 0.193 e. The number of ether oxygens (including phenoxy) is 1. The number of unbranched alkanes of at least 4 members (excludes halogenated alkanes) is 2. The molecule has 0 saturated carbocycles. The van der Waals surface area contributed by atoms with Gasteiger partial charge in [-0.3, -0.25) is 4.99 Å². The zero-order valence-electron chi connectivity index (χ0n) is 16.5. The van der Waals surface area contributed by atoms with E-state index in [1.165, 1.54) is 5.56 Å². The SMILES string of the molecule is C=CCCCN(C)C(=NCCCCOCCc1ccccc1)NCC.I. The van der Waals surface area contributed by atoms with Gasteiger partial charge in [0.2, 0.25) is 0 Å². The van der Waals surface area contributed by atoms with Crippen LogP contribution in [0.15, 0.2) is 48.0 Å². The lowest BCUT2D eigenvalue weighted by atomic mass is 10.2. The molecule has 4 nitrogen and oxygen atoms in total. The minimum atomic E-state index is 0. The van der Waals surface area contributed by atoms with Crippen LogP contribution in [0.1, 0.15) is 38.2 Å². The monoisotopic (exact) mass is 473 g/mol. The van der Waals surface area contributed by atoms with Crippen molar-refractivity contribution in [2.75, 3.05) is 39.9 Å². The predicted octanol–water partition coefficient (Wildman–Crippen LogP) is 4.51. The van der Waals surface area contributed by atoms with Gasteiger partial charge in [-0.2, -0.15) is 0 Å². The number of benzene rings is 1. The molecule has 5 heteroatoms. The molecule has 0 radical (unpaired) electrons. The summed E-state index contributed by atoms with van der Waals surface area (Å²) < 4.78 is 5.72. The Labute approximate surface area is 177 Å². The zero-order valence-corrected chi connectivity index (χ0v) is 18.8. The van der Waals surface area contributed by atoms with E-state index < -0.39 is 0 Å². The van der Waals surface area contributed by atoms with Crippen molar-refractivity contribution in [3.63, 3.8) is 0 Å². The van der Waals surface area contributed by atoms with Gasteiger partial charge in [0.1, 0.15) is 0 Å². The van der Waals surface area contributed by atoms with Crippen LogP contribution in [0.2, 0.25) is 0 Å².